The predicted octanol–water partition coefficient (Wildman–Crippen LogP) is 1.49. The molecule has 0 aliphatic rings. The zero-order valence-electron chi connectivity index (χ0n) is 4.64. The van der Waals surface area contributed by atoms with E-state index in [-0.39, 0.29) is 5.06 Å². The molecule has 0 aliphatic carbocycles. The molecule has 6 heteroatoms. The number of aromatic nitrogens is 1. The van der Waals surface area contributed by atoms with Crippen LogP contribution in [0.3, 0.4) is 0 Å². The molecule has 0 fully saturated rings. The van der Waals surface area contributed by atoms with E-state index >= 15 is 0 Å². The first-order valence-corrected chi connectivity index (χ1v) is 3.50. The average molecular weight is 177 g/mol. The highest BCUT2D eigenvalue weighted by Gasteiger charge is 2.03. The second-order valence-corrected chi connectivity index (χ2v) is 3.05. The lowest BCUT2D eigenvalue weighted by Crippen LogP contribution is -2.00. The minimum Gasteiger partial charge on any atom is -0.449 e. The summed E-state index contributed by atoms with van der Waals surface area (Å²) < 4.78 is 4.74. The number of carbonyl (C=O) groups is 1. The van der Waals surface area contributed by atoms with Gasteiger partial charge in [0, 0.05) is 0 Å². The third-order valence-corrected chi connectivity index (χ3v) is 1.73. The second-order valence-electron chi connectivity index (χ2n) is 1.33. The van der Waals surface area contributed by atoms with Crippen LogP contribution >= 0.6 is 24.0 Å². The molecule has 0 saturated heterocycles. The van der Waals surface area contributed by atoms with Crippen molar-refractivity contribution in [1.82, 2.24) is 4.98 Å². The molecule has 1 rings (SSSR count). The summed E-state index contributed by atoms with van der Waals surface area (Å²) >= 11 is 4.93. The summed E-state index contributed by atoms with van der Waals surface area (Å²) in [4.78, 5) is 13.6. The van der Waals surface area contributed by atoms with Gasteiger partial charge in [-0.2, -0.15) is 0 Å². The molecule has 0 spiro atoms. The van der Waals surface area contributed by atoms with Gasteiger partial charge in [-0.25, -0.2) is 9.78 Å². The summed E-state index contributed by atoms with van der Waals surface area (Å²) in [5.41, 5.74) is 0. The molecule has 0 saturated carbocycles. The standard InChI is InChI=1S/C4H3NO3S2/c6-4(7)8-2-1-5-3(9)10-2/h1H,(H,5,9)(H,6,7). The van der Waals surface area contributed by atoms with Gasteiger partial charge in [0.15, 0.2) is 0 Å². The van der Waals surface area contributed by atoms with Crippen molar-refractivity contribution in [3.63, 3.8) is 0 Å². The van der Waals surface area contributed by atoms with E-state index in [9.17, 15) is 4.79 Å². The van der Waals surface area contributed by atoms with Gasteiger partial charge in [0.25, 0.3) is 0 Å². The van der Waals surface area contributed by atoms with Crippen molar-refractivity contribution in [1.29, 1.82) is 0 Å². The molecule has 0 unspecified atom stereocenters. The van der Waals surface area contributed by atoms with Crippen LogP contribution in [0, 0.1) is 0 Å². The van der Waals surface area contributed by atoms with Crippen LogP contribution in [-0.2, 0) is 0 Å². The Kier molecular flexibility index (Phi) is 2.13. The summed E-state index contributed by atoms with van der Waals surface area (Å²) in [6, 6.07) is 0. The summed E-state index contributed by atoms with van der Waals surface area (Å²) in [5.74, 6) is 0. The Hall–Kier alpha value is -0.750. The normalized spacial score (nSPS) is 9.30. The SMILES string of the molecule is O=C(O)Oc1cnc(S)s1. The van der Waals surface area contributed by atoms with Crippen LogP contribution in [0.2, 0.25) is 0 Å². The molecule has 0 aromatic carbocycles. The number of ether oxygens (including phenoxy) is 1. The molecule has 1 heterocycles. The highest BCUT2D eigenvalue weighted by molar-refractivity contribution is 7.82. The van der Waals surface area contributed by atoms with Gasteiger partial charge in [0.2, 0.25) is 5.06 Å². The maximum Gasteiger partial charge on any atom is 0.512 e. The van der Waals surface area contributed by atoms with Gasteiger partial charge in [-0.3, -0.25) is 0 Å². The Labute approximate surface area is 65.9 Å². The Bertz CT molecular complexity index is 246. The molecule has 0 bridgehead atoms. The summed E-state index contributed by atoms with van der Waals surface area (Å²) in [7, 11) is 0. The van der Waals surface area contributed by atoms with Crippen LogP contribution in [0.1, 0.15) is 0 Å². The molecule has 0 aliphatic heterocycles. The van der Waals surface area contributed by atoms with E-state index in [0.717, 1.165) is 11.3 Å². The number of rotatable bonds is 1. The number of nitrogens with zero attached hydrogens (tertiary/aromatic N) is 1. The number of hydrogen-bond acceptors (Lipinski definition) is 5. The fraction of sp³-hybridized carbons (Fsp3) is 0. The summed E-state index contributed by atoms with van der Waals surface area (Å²) in [6.45, 7) is 0. The van der Waals surface area contributed by atoms with Crippen molar-refractivity contribution in [3.8, 4) is 5.06 Å². The molecular formula is C4H3NO3S2. The van der Waals surface area contributed by atoms with E-state index in [4.69, 9.17) is 5.11 Å². The molecule has 1 N–H and O–H groups in total. The van der Waals surface area contributed by atoms with E-state index in [1.807, 2.05) is 0 Å². The molecular weight excluding hydrogens is 174 g/mol. The van der Waals surface area contributed by atoms with Gasteiger partial charge in [-0.05, 0) is 0 Å². The Morgan fingerprint density at radius 1 is 1.90 bits per heavy atom. The Balaban J connectivity index is 2.67. The van der Waals surface area contributed by atoms with E-state index in [0.29, 0.717) is 4.34 Å². The van der Waals surface area contributed by atoms with Crippen LogP contribution < -0.4 is 4.74 Å². The van der Waals surface area contributed by atoms with Gasteiger partial charge < -0.3 is 9.84 Å². The lowest BCUT2D eigenvalue weighted by molar-refractivity contribution is 0.146. The first-order chi connectivity index (χ1) is 4.68. The molecule has 54 valence electrons. The maximum absolute atomic E-state index is 9.91. The first kappa shape index (κ1) is 7.36. The topological polar surface area (TPSA) is 59.4 Å². The maximum atomic E-state index is 9.91. The van der Waals surface area contributed by atoms with Crippen LogP contribution in [-0.4, -0.2) is 16.2 Å². The van der Waals surface area contributed by atoms with Gasteiger partial charge in [-0.15, -0.1) is 12.6 Å². The number of thiazole rings is 1. The molecule has 0 radical (unpaired) electrons. The highest BCUT2D eigenvalue weighted by atomic mass is 32.2. The van der Waals surface area contributed by atoms with Crippen LogP contribution in [0.5, 0.6) is 5.06 Å². The minimum absolute atomic E-state index is 0.234. The number of carboxylic acid groups (broad SMARTS) is 1. The van der Waals surface area contributed by atoms with Crippen molar-refractivity contribution in [2.24, 2.45) is 0 Å². The molecule has 10 heavy (non-hydrogen) atoms. The molecule has 1 aromatic heterocycles. The highest BCUT2D eigenvalue weighted by Crippen LogP contribution is 2.23. The van der Waals surface area contributed by atoms with E-state index in [2.05, 4.69) is 22.3 Å². The predicted molar refractivity (Wildman–Crippen MR) is 38.0 cm³/mol. The fourth-order valence-electron chi connectivity index (χ4n) is 0.384. The lowest BCUT2D eigenvalue weighted by Gasteiger charge is -1.89. The summed E-state index contributed by atoms with van der Waals surface area (Å²) in [5, 5.41) is 8.34. The summed E-state index contributed by atoms with van der Waals surface area (Å²) in [6.07, 6.45) is -0.0295. The zero-order chi connectivity index (χ0) is 7.56. The lowest BCUT2D eigenvalue weighted by atomic mass is 10.9. The van der Waals surface area contributed by atoms with E-state index < -0.39 is 6.16 Å². The molecule has 4 nitrogen and oxygen atoms in total. The van der Waals surface area contributed by atoms with Crippen molar-refractivity contribution in [3.05, 3.63) is 6.20 Å². The van der Waals surface area contributed by atoms with Crippen LogP contribution in [0.4, 0.5) is 4.79 Å². The van der Waals surface area contributed by atoms with Gasteiger partial charge in [-0.1, -0.05) is 11.3 Å². The van der Waals surface area contributed by atoms with Crippen molar-refractivity contribution < 1.29 is 14.6 Å². The average Bonchev–Trinajstić information content (AvgIpc) is 2.13. The third kappa shape index (κ3) is 1.89. The monoisotopic (exact) mass is 177 g/mol. The van der Waals surface area contributed by atoms with Crippen LogP contribution in [0.25, 0.3) is 0 Å². The number of hydrogen-bond donors (Lipinski definition) is 2. The Morgan fingerprint density at radius 3 is 3.00 bits per heavy atom. The van der Waals surface area contributed by atoms with Gasteiger partial charge >= 0.3 is 6.16 Å². The van der Waals surface area contributed by atoms with Gasteiger partial charge in [0.05, 0.1) is 6.20 Å². The van der Waals surface area contributed by atoms with Crippen molar-refractivity contribution >= 4 is 30.1 Å². The zero-order valence-corrected chi connectivity index (χ0v) is 6.35. The van der Waals surface area contributed by atoms with E-state index in [1.54, 1.807) is 0 Å². The Morgan fingerprint density at radius 2 is 2.60 bits per heavy atom. The third-order valence-electron chi connectivity index (χ3n) is 0.660. The minimum atomic E-state index is -1.34. The largest absolute Gasteiger partial charge is 0.512 e. The van der Waals surface area contributed by atoms with Gasteiger partial charge in [0.1, 0.15) is 4.34 Å². The smallest absolute Gasteiger partial charge is 0.449 e. The fourth-order valence-corrected chi connectivity index (χ4v) is 1.22. The first-order valence-electron chi connectivity index (χ1n) is 2.24. The quantitative estimate of drug-likeness (QED) is 0.504. The second kappa shape index (κ2) is 2.89. The molecule has 0 atom stereocenters. The number of thiol groups is 1. The van der Waals surface area contributed by atoms with E-state index in [1.165, 1.54) is 6.20 Å². The van der Waals surface area contributed by atoms with Crippen molar-refractivity contribution in [2.75, 3.05) is 0 Å². The molecule has 1 aromatic rings. The molecule has 0 amide bonds. The van der Waals surface area contributed by atoms with Crippen molar-refractivity contribution in [2.45, 2.75) is 4.34 Å². The van der Waals surface area contributed by atoms with Crippen LogP contribution in [0.15, 0.2) is 10.5 Å².